The highest BCUT2D eigenvalue weighted by atomic mass is 15.6. The summed E-state index contributed by atoms with van der Waals surface area (Å²) in [6.07, 6.45) is 9.49. The molecule has 1 aromatic heterocycles. The summed E-state index contributed by atoms with van der Waals surface area (Å²) < 4.78 is 2.37. The SMILES string of the molecule is CC(C)NCC1=NNC2C3CCCCC3n3cncc3N12. The Morgan fingerprint density at radius 3 is 3.10 bits per heavy atom. The molecule has 0 aromatic carbocycles. The molecule has 6 heteroatoms. The molecule has 0 spiro atoms. The second-order valence-electron chi connectivity index (χ2n) is 6.68. The van der Waals surface area contributed by atoms with Crippen LogP contribution in [-0.2, 0) is 0 Å². The molecule has 3 heterocycles. The monoisotopic (exact) mass is 288 g/mol. The molecule has 1 fully saturated rings. The number of rotatable bonds is 3. The third kappa shape index (κ3) is 2.04. The van der Waals surface area contributed by atoms with Crippen LogP contribution in [0.5, 0.6) is 0 Å². The fourth-order valence-electron chi connectivity index (χ4n) is 3.99. The first-order chi connectivity index (χ1) is 10.3. The molecule has 3 aliphatic rings. The van der Waals surface area contributed by atoms with Crippen molar-refractivity contribution in [1.29, 1.82) is 0 Å². The van der Waals surface area contributed by atoms with E-state index >= 15 is 0 Å². The zero-order chi connectivity index (χ0) is 14.4. The van der Waals surface area contributed by atoms with Crippen molar-refractivity contribution in [2.24, 2.45) is 11.0 Å². The molecular formula is C15H24N6. The average Bonchev–Trinajstić information content (AvgIpc) is 3.12. The first kappa shape index (κ1) is 13.1. The van der Waals surface area contributed by atoms with Crippen LogP contribution >= 0.6 is 0 Å². The smallest absolute Gasteiger partial charge is 0.146 e. The highest BCUT2D eigenvalue weighted by molar-refractivity contribution is 6.00. The van der Waals surface area contributed by atoms with Gasteiger partial charge in [-0.1, -0.05) is 26.7 Å². The number of hydrazone groups is 1. The summed E-state index contributed by atoms with van der Waals surface area (Å²) in [5, 5.41) is 8.08. The maximum absolute atomic E-state index is 4.61. The predicted octanol–water partition coefficient (Wildman–Crippen LogP) is 1.68. The van der Waals surface area contributed by atoms with E-state index < -0.39 is 0 Å². The van der Waals surface area contributed by atoms with Crippen molar-refractivity contribution in [3.05, 3.63) is 12.5 Å². The van der Waals surface area contributed by atoms with Gasteiger partial charge in [-0.05, 0) is 12.8 Å². The zero-order valence-corrected chi connectivity index (χ0v) is 12.8. The lowest BCUT2D eigenvalue weighted by atomic mass is 9.80. The number of fused-ring (bicyclic) bond motifs is 6. The van der Waals surface area contributed by atoms with Crippen LogP contribution < -0.4 is 15.6 Å². The third-order valence-corrected chi connectivity index (χ3v) is 4.99. The summed E-state index contributed by atoms with van der Waals surface area (Å²) in [6.45, 7) is 5.12. The van der Waals surface area contributed by atoms with Gasteiger partial charge in [0.1, 0.15) is 17.8 Å². The number of hydrogen-bond acceptors (Lipinski definition) is 5. The summed E-state index contributed by atoms with van der Waals surface area (Å²) in [5.41, 5.74) is 3.40. The summed E-state index contributed by atoms with van der Waals surface area (Å²) in [6, 6.07) is 1.04. The van der Waals surface area contributed by atoms with Crippen molar-refractivity contribution < 1.29 is 0 Å². The Hall–Kier alpha value is -1.56. The molecule has 2 aliphatic heterocycles. The lowest BCUT2D eigenvalue weighted by molar-refractivity contribution is 0.175. The van der Waals surface area contributed by atoms with Crippen LogP contribution in [0, 0.1) is 5.92 Å². The van der Waals surface area contributed by atoms with E-state index in [-0.39, 0.29) is 0 Å². The van der Waals surface area contributed by atoms with Gasteiger partial charge in [-0.3, -0.25) is 10.3 Å². The van der Waals surface area contributed by atoms with Gasteiger partial charge < -0.3 is 9.88 Å². The van der Waals surface area contributed by atoms with Gasteiger partial charge in [-0.2, -0.15) is 5.10 Å². The zero-order valence-electron chi connectivity index (χ0n) is 12.8. The van der Waals surface area contributed by atoms with Gasteiger partial charge in [0.25, 0.3) is 0 Å². The highest BCUT2D eigenvalue weighted by Gasteiger charge is 2.46. The van der Waals surface area contributed by atoms with Crippen LogP contribution in [0.3, 0.4) is 0 Å². The van der Waals surface area contributed by atoms with E-state index in [2.05, 4.69) is 44.1 Å². The Morgan fingerprint density at radius 2 is 2.24 bits per heavy atom. The number of imidazole rings is 1. The van der Waals surface area contributed by atoms with E-state index in [0.717, 1.165) is 12.4 Å². The molecule has 21 heavy (non-hydrogen) atoms. The summed E-state index contributed by atoms with van der Waals surface area (Å²) >= 11 is 0. The van der Waals surface area contributed by atoms with Crippen LogP contribution in [0.2, 0.25) is 0 Å². The van der Waals surface area contributed by atoms with E-state index in [0.29, 0.717) is 24.2 Å². The van der Waals surface area contributed by atoms with Crippen molar-refractivity contribution in [1.82, 2.24) is 20.3 Å². The van der Waals surface area contributed by atoms with Gasteiger partial charge >= 0.3 is 0 Å². The molecule has 6 nitrogen and oxygen atoms in total. The second kappa shape index (κ2) is 5.02. The molecule has 1 saturated carbocycles. The summed E-state index contributed by atoms with van der Waals surface area (Å²) in [4.78, 5) is 6.76. The van der Waals surface area contributed by atoms with Crippen LogP contribution in [0.4, 0.5) is 5.82 Å². The quantitative estimate of drug-likeness (QED) is 0.888. The van der Waals surface area contributed by atoms with Gasteiger partial charge in [-0.25, -0.2) is 4.98 Å². The molecule has 3 unspecified atom stereocenters. The van der Waals surface area contributed by atoms with Crippen molar-refractivity contribution in [2.75, 3.05) is 11.4 Å². The highest BCUT2D eigenvalue weighted by Crippen LogP contribution is 2.44. The van der Waals surface area contributed by atoms with E-state index in [1.165, 1.54) is 31.5 Å². The minimum atomic E-state index is 0.309. The Labute approximate surface area is 125 Å². The number of nitrogens with zero attached hydrogens (tertiary/aromatic N) is 4. The van der Waals surface area contributed by atoms with Gasteiger partial charge in [0.15, 0.2) is 0 Å². The minimum Gasteiger partial charge on any atom is -0.314 e. The van der Waals surface area contributed by atoms with Crippen molar-refractivity contribution in [3.63, 3.8) is 0 Å². The fraction of sp³-hybridized carbons (Fsp3) is 0.733. The topological polar surface area (TPSA) is 57.5 Å². The lowest BCUT2D eigenvalue weighted by Crippen LogP contribution is -2.55. The van der Waals surface area contributed by atoms with Gasteiger partial charge in [0.2, 0.25) is 0 Å². The second-order valence-corrected chi connectivity index (χ2v) is 6.68. The van der Waals surface area contributed by atoms with Crippen LogP contribution in [-0.4, -0.2) is 34.1 Å². The molecule has 114 valence electrons. The Balaban J connectivity index is 1.66. The first-order valence-corrected chi connectivity index (χ1v) is 8.12. The van der Waals surface area contributed by atoms with E-state index in [1.807, 2.05) is 12.5 Å². The van der Waals surface area contributed by atoms with E-state index in [1.54, 1.807) is 0 Å². The fourth-order valence-corrected chi connectivity index (χ4v) is 3.99. The molecule has 2 N–H and O–H groups in total. The normalized spacial score (nSPS) is 30.5. The number of nitrogens with one attached hydrogen (secondary N) is 2. The van der Waals surface area contributed by atoms with Gasteiger partial charge in [-0.15, -0.1) is 0 Å². The molecule has 3 atom stereocenters. The average molecular weight is 288 g/mol. The number of hydrogen-bond donors (Lipinski definition) is 2. The van der Waals surface area contributed by atoms with Crippen molar-refractivity contribution in [2.45, 2.75) is 57.8 Å². The van der Waals surface area contributed by atoms with E-state index in [4.69, 9.17) is 0 Å². The van der Waals surface area contributed by atoms with Gasteiger partial charge in [0.05, 0.1) is 19.1 Å². The Morgan fingerprint density at radius 1 is 1.38 bits per heavy atom. The van der Waals surface area contributed by atoms with Crippen LogP contribution in [0.1, 0.15) is 45.6 Å². The minimum absolute atomic E-state index is 0.309. The molecule has 0 radical (unpaired) electrons. The van der Waals surface area contributed by atoms with Crippen molar-refractivity contribution >= 4 is 11.7 Å². The lowest BCUT2D eigenvalue weighted by Gasteiger charge is -2.45. The third-order valence-electron chi connectivity index (χ3n) is 4.99. The number of anilines is 1. The number of amidine groups is 1. The molecular weight excluding hydrogens is 264 g/mol. The van der Waals surface area contributed by atoms with Crippen LogP contribution in [0.15, 0.2) is 17.6 Å². The Kier molecular flexibility index (Phi) is 3.14. The maximum atomic E-state index is 4.61. The van der Waals surface area contributed by atoms with Gasteiger partial charge in [0, 0.05) is 18.0 Å². The molecule has 1 aromatic rings. The Bertz CT molecular complexity index is 548. The molecule has 0 saturated heterocycles. The van der Waals surface area contributed by atoms with E-state index in [9.17, 15) is 0 Å². The first-order valence-electron chi connectivity index (χ1n) is 8.12. The molecule has 1 aliphatic carbocycles. The molecule has 0 amide bonds. The molecule has 4 rings (SSSR count). The summed E-state index contributed by atoms with van der Waals surface area (Å²) in [5.74, 6) is 2.90. The largest absolute Gasteiger partial charge is 0.314 e. The molecule has 0 bridgehead atoms. The standard InChI is InChI=1S/C15H24N6/c1-10(2)17-7-13-18-19-15-11-5-3-4-6-12(11)20-9-16-8-14(20)21(13)15/h8-12,15,17,19H,3-7H2,1-2H3. The van der Waals surface area contributed by atoms with Crippen LogP contribution in [0.25, 0.3) is 0 Å². The number of aromatic nitrogens is 2. The maximum Gasteiger partial charge on any atom is 0.146 e. The van der Waals surface area contributed by atoms with Crippen molar-refractivity contribution in [3.8, 4) is 0 Å². The predicted molar refractivity (Wildman–Crippen MR) is 83.2 cm³/mol. The summed E-state index contributed by atoms with van der Waals surface area (Å²) in [7, 11) is 0.